The lowest BCUT2D eigenvalue weighted by atomic mass is 9.87. The summed E-state index contributed by atoms with van der Waals surface area (Å²) in [6.07, 6.45) is 6.22. The van der Waals surface area contributed by atoms with Gasteiger partial charge in [-0.2, -0.15) is 0 Å². The van der Waals surface area contributed by atoms with E-state index >= 15 is 0 Å². The molecule has 0 aromatic rings. The summed E-state index contributed by atoms with van der Waals surface area (Å²) in [4.78, 5) is 22.9. The molecule has 1 fully saturated rings. The molecular weight excluding hydrogens is 256 g/mol. The fourth-order valence-electron chi connectivity index (χ4n) is 2.78. The van der Waals surface area contributed by atoms with Crippen LogP contribution < -0.4 is 10.6 Å². The van der Waals surface area contributed by atoms with Crippen LogP contribution in [0.15, 0.2) is 0 Å². The second kappa shape index (κ2) is 7.50. The fourth-order valence-corrected chi connectivity index (χ4v) is 2.78. The van der Waals surface area contributed by atoms with Crippen LogP contribution in [0.3, 0.4) is 0 Å². The SMILES string of the molecule is CC(C)(C)CC(CC(=O)O)NC(=O)NC1CCCCC1. The molecule has 1 saturated carbocycles. The molecule has 1 rings (SSSR count). The first-order valence-electron chi connectivity index (χ1n) is 7.55. The number of rotatable bonds is 5. The molecule has 0 saturated heterocycles. The van der Waals surface area contributed by atoms with Crippen molar-refractivity contribution < 1.29 is 14.7 Å². The van der Waals surface area contributed by atoms with Gasteiger partial charge in [-0.25, -0.2) is 4.79 Å². The first kappa shape index (κ1) is 16.8. The van der Waals surface area contributed by atoms with Crippen molar-refractivity contribution in [3.63, 3.8) is 0 Å². The van der Waals surface area contributed by atoms with Gasteiger partial charge in [0, 0.05) is 12.1 Å². The second-order valence-corrected chi connectivity index (χ2v) is 7.01. The maximum Gasteiger partial charge on any atom is 0.315 e. The Morgan fingerprint density at radius 1 is 1.20 bits per heavy atom. The molecule has 116 valence electrons. The summed E-state index contributed by atoms with van der Waals surface area (Å²) in [5.41, 5.74) is -0.0156. The Labute approximate surface area is 121 Å². The molecule has 1 atom stereocenters. The molecule has 1 aliphatic rings. The highest BCUT2D eigenvalue weighted by atomic mass is 16.4. The largest absolute Gasteiger partial charge is 0.481 e. The van der Waals surface area contributed by atoms with Gasteiger partial charge >= 0.3 is 12.0 Å². The standard InChI is InChI=1S/C15H28N2O3/c1-15(2,3)10-12(9-13(18)19)17-14(20)16-11-7-5-4-6-8-11/h11-12H,4-10H2,1-3H3,(H,18,19)(H2,16,17,20). The van der Waals surface area contributed by atoms with Gasteiger partial charge < -0.3 is 15.7 Å². The van der Waals surface area contributed by atoms with E-state index in [2.05, 4.69) is 10.6 Å². The third kappa shape index (κ3) is 7.36. The molecule has 0 aromatic heterocycles. The molecule has 0 heterocycles. The number of carbonyl (C=O) groups is 2. The fraction of sp³-hybridized carbons (Fsp3) is 0.867. The zero-order valence-electron chi connectivity index (χ0n) is 12.9. The summed E-state index contributed by atoms with van der Waals surface area (Å²) in [5.74, 6) is -0.878. The Balaban J connectivity index is 2.45. The summed E-state index contributed by atoms with van der Waals surface area (Å²) < 4.78 is 0. The van der Waals surface area contributed by atoms with Crippen LogP contribution in [0.25, 0.3) is 0 Å². The molecule has 20 heavy (non-hydrogen) atoms. The molecule has 0 aliphatic heterocycles. The van der Waals surface area contributed by atoms with Gasteiger partial charge in [0.05, 0.1) is 6.42 Å². The Morgan fingerprint density at radius 2 is 1.80 bits per heavy atom. The first-order chi connectivity index (χ1) is 9.26. The van der Waals surface area contributed by atoms with Crippen molar-refractivity contribution in [3.8, 4) is 0 Å². The Hall–Kier alpha value is -1.26. The van der Waals surface area contributed by atoms with Gasteiger partial charge in [0.25, 0.3) is 0 Å². The van der Waals surface area contributed by atoms with Crippen LogP contribution in [0.2, 0.25) is 0 Å². The van der Waals surface area contributed by atoms with Crippen LogP contribution in [0.4, 0.5) is 4.79 Å². The molecular formula is C15H28N2O3. The Kier molecular flexibility index (Phi) is 6.30. The van der Waals surface area contributed by atoms with Crippen molar-refractivity contribution in [1.29, 1.82) is 0 Å². The molecule has 3 N–H and O–H groups in total. The summed E-state index contributed by atoms with van der Waals surface area (Å²) in [6.45, 7) is 6.13. The Bertz CT molecular complexity index is 331. The highest BCUT2D eigenvalue weighted by molar-refractivity contribution is 5.76. The smallest absolute Gasteiger partial charge is 0.315 e. The van der Waals surface area contributed by atoms with Crippen LogP contribution in [0.5, 0.6) is 0 Å². The van der Waals surface area contributed by atoms with Crippen LogP contribution in [-0.2, 0) is 4.79 Å². The van der Waals surface area contributed by atoms with E-state index in [1.165, 1.54) is 6.42 Å². The minimum absolute atomic E-state index is 0.0156. The summed E-state index contributed by atoms with van der Waals surface area (Å²) in [6, 6.07) is -0.313. The number of carbonyl (C=O) groups excluding carboxylic acids is 1. The molecule has 0 radical (unpaired) electrons. The minimum atomic E-state index is -0.878. The minimum Gasteiger partial charge on any atom is -0.481 e. The third-order valence-corrected chi connectivity index (χ3v) is 3.56. The zero-order valence-corrected chi connectivity index (χ0v) is 12.9. The highest BCUT2D eigenvalue weighted by Crippen LogP contribution is 2.22. The van der Waals surface area contributed by atoms with Crippen molar-refractivity contribution in [1.82, 2.24) is 10.6 Å². The summed E-state index contributed by atoms with van der Waals surface area (Å²) in [7, 11) is 0. The maximum absolute atomic E-state index is 12.0. The summed E-state index contributed by atoms with van der Waals surface area (Å²) in [5, 5.41) is 14.7. The van der Waals surface area contributed by atoms with Gasteiger partial charge in [-0.1, -0.05) is 40.0 Å². The highest BCUT2D eigenvalue weighted by Gasteiger charge is 2.24. The molecule has 5 nitrogen and oxygen atoms in total. The van der Waals surface area contributed by atoms with E-state index in [9.17, 15) is 9.59 Å². The Morgan fingerprint density at radius 3 is 2.30 bits per heavy atom. The zero-order chi connectivity index (χ0) is 15.2. The molecule has 1 unspecified atom stereocenters. The van der Waals surface area contributed by atoms with Crippen molar-refractivity contribution >= 4 is 12.0 Å². The molecule has 0 spiro atoms. The second-order valence-electron chi connectivity index (χ2n) is 7.01. The molecule has 0 aromatic carbocycles. The van der Waals surface area contributed by atoms with Crippen LogP contribution >= 0.6 is 0 Å². The lowest BCUT2D eigenvalue weighted by Crippen LogP contribution is -2.48. The van der Waals surface area contributed by atoms with E-state index in [1.54, 1.807) is 0 Å². The van der Waals surface area contributed by atoms with E-state index in [1.807, 2.05) is 20.8 Å². The lowest BCUT2D eigenvalue weighted by Gasteiger charge is -2.28. The number of nitrogens with one attached hydrogen (secondary N) is 2. The number of amides is 2. The van der Waals surface area contributed by atoms with Crippen LogP contribution in [0, 0.1) is 5.41 Å². The number of urea groups is 1. The third-order valence-electron chi connectivity index (χ3n) is 3.56. The molecule has 0 bridgehead atoms. The van der Waals surface area contributed by atoms with Gasteiger partial charge in [0.2, 0.25) is 0 Å². The van der Waals surface area contributed by atoms with Crippen molar-refractivity contribution in [3.05, 3.63) is 0 Å². The van der Waals surface area contributed by atoms with E-state index < -0.39 is 5.97 Å². The van der Waals surface area contributed by atoms with E-state index in [-0.39, 0.29) is 30.0 Å². The maximum atomic E-state index is 12.0. The average Bonchev–Trinajstić information content (AvgIpc) is 2.26. The van der Waals surface area contributed by atoms with E-state index in [0.717, 1.165) is 25.7 Å². The molecule has 5 heteroatoms. The van der Waals surface area contributed by atoms with Gasteiger partial charge in [-0.05, 0) is 24.7 Å². The summed E-state index contributed by atoms with van der Waals surface area (Å²) >= 11 is 0. The van der Waals surface area contributed by atoms with Crippen LogP contribution in [0.1, 0.15) is 65.7 Å². The number of hydrogen-bond donors (Lipinski definition) is 3. The lowest BCUT2D eigenvalue weighted by molar-refractivity contribution is -0.137. The normalized spacial score (nSPS) is 18.4. The number of hydrogen-bond acceptors (Lipinski definition) is 2. The van der Waals surface area contributed by atoms with Gasteiger partial charge in [-0.3, -0.25) is 4.79 Å². The first-order valence-corrected chi connectivity index (χ1v) is 7.55. The quantitative estimate of drug-likeness (QED) is 0.726. The van der Waals surface area contributed by atoms with Crippen molar-refractivity contribution in [2.75, 3.05) is 0 Å². The van der Waals surface area contributed by atoms with Gasteiger partial charge in [0.1, 0.15) is 0 Å². The number of carboxylic acid groups (broad SMARTS) is 1. The van der Waals surface area contributed by atoms with Crippen molar-refractivity contribution in [2.45, 2.75) is 77.8 Å². The molecule has 2 amide bonds. The van der Waals surface area contributed by atoms with Crippen LogP contribution in [-0.4, -0.2) is 29.2 Å². The number of aliphatic carboxylic acids is 1. The van der Waals surface area contributed by atoms with Crippen molar-refractivity contribution in [2.24, 2.45) is 5.41 Å². The topological polar surface area (TPSA) is 78.4 Å². The monoisotopic (exact) mass is 284 g/mol. The predicted octanol–water partition coefficient (Wildman–Crippen LogP) is 2.90. The molecule has 1 aliphatic carbocycles. The average molecular weight is 284 g/mol. The van der Waals surface area contributed by atoms with Gasteiger partial charge in [0.15, 0.2) is 0 Å². The predicted molar refractivity (Wildman–Crippen MR) is 78.7 cm³/mol. The number of carboxylic acids is 1. The van der Waals surface area contributed by atoms with E-state index in [4.69, 9.17) is 5.11 Å². The van der Waals surface area contributed by atoms with Gasteiger partial charge in [-0.15, -0.1) is 0 Å². The van der Waals surface area contributed by atoms with E-state index in [0.29, 0.717) is 6.42 Å².